The molecular weight excluding hydrogens is 481 g/mol. The molecule has 2 N–H and O–H groups in total. The lowest BCUT2D eigenvalue weighted by Crippen LogP contribution is -2.45. The highest BCUT2D eigenvalue weighted by atomic mass is 127. The Bertz CT molecular complexity index is 614. The average Bonchev–Trinajstić information content (AvgIpc) is 3.51. The van der Waals surface area contributed by atoms with Gasteiger partial charge in [0, 0.05) is 52.6 Å². The summed E-state index contributed by atoms with van der Waals surface area (Å²) in [5, 5.41) is 6.67. The normalized spacial score (nSPS) is 22.2. The zero-order valence-corrected chi connectivity index (χ0v) is 20.2. The fraction of sp³-hybridized carbons (Fsp3) is 0.714. The highest BCUT2D eigenvalue weighted by Gasteiger charge is 2.23. The maximum Gasteiger partial charge on any atom is 0.191 e. The van der Waals surface area contributed by atoms with Crippen molar-refractivity contribution in [3.05, 3.63) is 23.9 Å². The molecule has 0 spiro atoms. The number of aliphatic imine (C=N–C) groups is 1. The van der Waals surface area contributed by atoms with Crippen LogP contribution in [-0.4, -0.2) is 63.0 Å². The van der Waals surface area contributed by atoms with Crippen molar-refractivity contribution in [1.29, 1.82) is 0 Å². The van der Waals surface area contributed by atoms with Crippen molar-refractivity contribution in [2.24, 2.45) is 10.9 Å². The van der Waals surface area contributed by atoms with Gasteiger partial charge in [-0.1, -0.05) is 6.07 Å². The predicted molar refractivity (Wildman–Crippen MR) is 128 cm³/mol. The van der Waals surface area contributed by atoms with Crippen LogP contribution in [0.25, 0.3) is 0 Å². The molecule has 2 fully saturated rings. The van der Waals surface area contributed by atoms with Crippen LogP contribution in [0.5, 0.6) is 0 Å². The maximum absolute atomic E-state index is 5.80. The van der Waals surface area contributed by atoms with E-state index in [0.717, 1.165) is 62.5 Å². The molecule has 2 unspecified atom stereocenters. The first-order valence-corrected chi connectivity index (χ1v) is 10.5. The fourth-order valence-electron chi connectivity index (χ4n) is 3.40. The molecule has 3 rings (SSSR count). The van der Waals surface area contributed by atoms with Crippen LogP contribution in [-0.2, 0) is 16.0 Å². The van der Waals surface area contributed by atoms with Gasteiger partial charge in [0.2, 0.25) is 0 Å². The largest absolute Gasteiger partial charge is 0.381 e. The number of hydrogen-bond acceptors (Lipinski definition) is 5. The Morgan fingerprint density at radius 1 is 1.24 bits per heavy atom. The first kappa shape index (κ1) is 24.1. The molecule has 0 aromatic carbocycles. The van der Waals surface area contributed by atoms with Crippen LogP contribution in [0, 0.1) is 5.92 Å². The topological polar surface area (TPSA) is 71.0 Å². The average molecular weight is 517 g/mol. The minimum atomic E-state index is 0. The van der Waals surface area contributed by atoms with Crippen molar-refractivity contribution in [3.8, 4) is 0 Å². The number of pyridine rings is 1. The van der Waals surface area contributed by atoms with Gasteiger partial charge in [0.15, 0.2) is 5.96 Å². The van der Waals surface area contributed by atoms with Crippen molar-refractivity contribution in [3.63, 3.8) is 0 Å². The van der Waals surface area contributed by atoms with E-state index in [2.05, 4.69) is 51.5 Å². The minimum Gasteiger partial charge on any atom is -0.381 e. The number of aromatic nitrogens is 1. The van der Waals surface area contributed by atoms with Crippen molar-refractivity contribution < 1.29 is 9.47 Å². The van der Waals surface area contributed by atoms with Gasteiger partial charge in [0.1, 0.15) is 5.82 Å². The molecule has 1 aromatic heterocycles. The van der Waals surface area contributed by atoms with Gasteiger partial charge in [-0.05, 0) is 50.7 Å². The van der Waals surface area contributed by atoms with Crippen LogP contribution >= 0.6 is 24.0 Å². The van der Waals surface area contributed by atoms with E-state index >= 15 is 0 Å². The Labute approximate surface area is 192 Å². The quantitative estimate of drug-likeness (QED) is 0.227. The Balaban J connectivity index is 0.00000300. The Hall–Kier alpha value is -1.13. The highest BCUT2D eigenvalue weighted by Crippen LogP contribution is 2.28. The van der Waals surface area contributed by atoms with E-state index in [4.69, 9.17) is 9.47 Å². The predicted octanol–water partition coefficient (Wildman–Crippen LogP) is 2.79. The molecule has 1 aliphatic heterocycles. The van der Waals surface area contributed by atoms with E-state index in [9.17, 15) is 0 Å². The number of hydrogen-bond donors (Lipinski definition) is 2. The van der Waals surface area contributed by atoms with Crippen molar-refractivity contribution in [2.75, 3.05) is 44.8 Å². The number of ether oxygens (including phenoxy) is 2. The molecule has 29 heavy (non-hydrogen) atoms. The lowest BCUT2D eigenvalue weighted by atomic mass is 10.2. The van der Waals surface area contributed by atoms with Crippen LogP contribution in [0.3, 0.4) is 0 Å². The Morgan fingerprint density at radius 3 is 2.62 bits per heavy atom. The molecule has 1 saturated heterocycles. The summed E-state index contributed by atoms with van der Waals surface area (Å²) in [6.45, 7) is 9.28. The first-order valence-electron chi connectivity index (χ1n) is 10.5. The summed E-state index contributed by atoms with van der Waals surface area (Å²) in [6.07, 6.45) is 6.08. The van der Waals surface area contributed by atoms with Gasteiger partial charge in [0.05, 0.1) is 12.2 Å². The lowest BCUT2D eigenvalue weighted by molar-refractivity contribution is -0.00545. The molecule has 164 valence electrons. The second-order valence-electron chi connectivity index (χ2n) is 7.91. The second-order valence-corrected chi connectivity index (χ2v) is 7.91. The third-order valence-corrected chi connectivity index (χ3v) is 5.04. The summed E-state index contributed by atoms with van der Waals surface area (Å²) in [7, 11) is 1.79. The van der Waals surface area contributed by atoms with Crippen LogP contribution < -0.4 is 15.5 Å². The summed E-state index contributed by atoms with van der Waals surface area (Å²) in [5.74, 6) is 2.65. The molecule has 0 amide bonds. The molecular formula is C21H36IN5O2. The SMILES string of the molecule is CN=C(NCCCOCC1CC1)NCc1ccc(N2CC(C)OC(C)C2)nc1.I. The van der Waals surface area contributed by atoms with Gasteiger partial charge in [-0.3, -0.25) is 4.99 Å². The maximum atomic E-state index is 5.80. The van der Waals surface area contributed by atoms with E-state index in [1.807, 2.05) is 6.20 Å². The van der Waals surface area contributed by atoms with Crippen molar-refractivity contribution >= 4 is 35.8 Å². The highest BCUT2D eigenvalue weighted by molar-refractivity contribution is 14.0. The molecule has 1 saturated carbocycles. The number of nitrogens with zero attached hydrogens (tertiary/aromatic N) is 3. The first-order chi connectivity index (χ1) is 13.6. The fourth-order valence-corrected chi connectivity index (χ4v) is 3.40. The van der Waals surface area contributed by atoms with E-state index in [-0.39, 0.29) is 36.2 Å². The summed E-state index contributed by atoms with van der Waals surface area (Å²) < 4.78 is 11.5. The van der Waals surface area contributed by atoms with E-state index < -0.39 is 0 Å². The van der Waals surface area contributed by atoms with E-state index in [0.29, 0.717) is 6.54 Å². The molecule has 2 aliphatic rings. The Morgan fingerprint density at radius 2 is 2.00 bits per heavy atom. The molecule has 1 aromatic rings. The van der Waals surface area contributed by atoms with Gasteiger partial charge >= 0.3 is 0 Å². The number of morpholine rings is 1. The molecule has 1 aliphatic carbocycles. The Kier molecular flexibility index (Phi) is 10.4. The van der Waals surface area contributed by atoms with Crippen LogP contribution in [0.1, 0.15) is 38.7 Å². The third-order valence-electron chi connectivity index (χ3n) is 5.04. The zero-order chi connectivity index (χ0) is 19.8. The second kappa shape index (κ2) is 12.5. The monoisotopic (exact) mass is 517 g/mol. The molecule has 8 heteroatoms. The van der Waals surface area contributed by atoms with Crippen LogP contribution in [0.2, 0.25) is 0 Å². The lowest BCUT2D eigenvalue weighted by Gasteiger charge is -2.36. The number of halogens is 1. The van der Waals surface area contributed by atoms with Crippen molar-refractivity contribution in [2.45, 2.75) is 51.9 Å². The molecule has 0 bridgehead atoms. The third kappa shape index (κ3) is 8.64. The number of rotatable bonds is 9. The molecule has 0 radical (unpaired) electrons. The minimum absolute atomic E-state index is 0. The van der Waals surface area contributed by atoms with Crippen molar-refractivity contribution in [1.82, 2.24) is 15.6 Å². The van der Waals surface area contributed by atoms with E-state index in [1.165, 1.54) is 12.8 Å². The van der Waals surface area contributed by atoms with E-state index in [1.54, 1.807) is 7.05 Å². The summed E-state index contributed by atoms with van der Waals surface area (Å²) in [5.41, 5.74) is 1.13. The van der Waals surface area contributed by atoms with Gasteiger partial charge in [-0.15, -0.1) is 24.0 Å². The summed E-state index contributed by atoms with van der Waals surface area (Å²) >= 11 is 0. The van der Waals surface area contributed by atoms with Crippen LogP contribution in [0.4, 0.5) is 5.82 Å². The standard InChI is InChI=1S/C21H35N5O2.HI/c1-16-13-26(14-17(2)28-16)20-8-7-19(11-24-20)12-25-21(22-3)23-9-4-10-27-15-18-5-6-18;/h7-8,11,16-18H,4-6,9-10,12-15H2,1-3H3,(H2,22,23,25);1H. The molecule has 2 heterocycles. The van der Waals surface area contributed by atoms with Gasteiger partial charge in [-0.2, -0.15) is 0 Å². The number of nitrogens with one attached hydrogen (secondary N) is 2. The van der Waals surface area contributed by atoms with Crippen LogP contribution in [0.15, 0.2) is 23.3 Å². The number of guanidine groups is 1. The zero-order valence-electron chi connectivity index (χ0n) is 17.9. The summed E-state index contributed by atoms with van der Waals surface area (Å²) in [4.78, 5) is 11.2. The number of anilines is 1. The smallest absolute Gasteiger partial charge is 0.191 e. The molecule has 2 atom stereocenters. The van der Waals surface area contributed by atoms with Gasteiger partial charge in [0.25, 0.3) is 0 Å². The van der Waals surface area contributed by atoms with Gasteiger partial charge in [-0.25, -0.2) is 4.98 Å². The summed E-state index contributed by atoms with van der Waals surface area (Å²) in [6, 6.07) is 4.22. The van der Waals surface area contributed by atoms with Gasteiger partial charge < -0.3 is 25.0 Å². The molecule has 7 nitrogen and oxygen atoms in total.